The van der Waals surface area contributed by atoms with Crippen LogP contribution in [0, 0.1) is 11.2 Å². The van der Waals surface area contributed by atoms with Crippen LogP contribution in [-0.2, 0) is 0 Å². The zero-order valence-corrected chi connectivity index (χ0v) is 7.25. The maximum absolute atomic E-state index is 11.6. The highest BCUT2D eigenvalue weighted by molar-refractivity contribution is 8.04. The molecule has 0 atom stereocenters. The molecule has 0 aliphatic rings. The SMILES string of the molecule is FC(F)(F)SC#Cc1ccccc1. The first-order chi connectivity index (χ1) is 6.08. The van der Waals surface area contributed by atoms with Crippen molar-refractivity contribution in [1.82, 2.24) is 0 Å². The van der Waals surface area contributed by atoms with Gasteiger partial charge in [0.2, 0.25) is 0 Å². The van der Waals surface area contributed by atoms with Crippen molar-refractivity contribution in [2.75, 3.05) is 0 Å². The maximum atomic E-state index is 11.6. The lowest BCUT2D eigenvalue weighted by molar-refractivity contribution is -0.0318. The lowest BCUT2D eigenvalue weighted by Gasteiger charge is -1.95. The smallest absolute Gasteiger partial charge is 0.160 e. The van der Waals surface area contributed by atoms with Crippen molar-refractivity contribution < 1.29 is 13.2 Å². The van der Waals surface area contributed by atoms with Gasteiger partial charge in [-0.2, -0.15) is 13.2 Å². The van der Waals surface area contributed by atoms with E-state index in [1.165, 1.54) is 0 Å². The third-order valence-electron chi connectivity index (χ3n) is 1.14. The summed E-state index contributed by atoms with van der Waals surface area (Å²) in [4.78, 5) is 0. The van der Waals surface area contributed by atoms with E-state index in [1.54, 1.807) is 30.3 Å². The molecule has 0 aromatic heterocycles. The van der Waals surface area contributed by atoms with Crippen molar-refractivity contribution in [3.8, 4) is 11.2 Å². The fourth-order valence-electron chi connectivity index (χ4n) is 0.664. The molecular weight excluding hydrogens is 197 g/mol. The standard InChI is InChI=1S/C9H5F3S/c10-9(11,12)13-7-6-8-4-2-1-3-5-8/h1-5H. The predicted octanol–water partition coefficient (Wildman–Crippen LogP) is 3.25. The molecule has 0 saturated carbocycles. The van der Waals surface area contributed by atoms with Gasteiger partial charge in [-0.3, -0.25) is 0 Å². The first-order valence-electron chi connectivity index (χ1n) is 3.39. The number of alkyl halides is 3. The molecule has 0 aliphatic heterocycles. The molecule has 1 aromatic carbocycles. The maximum Gasteiger partial charge on any atom is 0.453 e. The van der Waals surface area contributed by atoms with Gasteiger partial charge < -0.3 is 0 Å². The first-order valence-corrected chi connectivity index (χ1v) is 4.20. The molecule has 0 saturated heterocycles. The van der Waals surface area contributed by atoms with Gasteiger partial charge in [0, 0.05) is 17.3 Å². The summed E-state index contributed by atoms with van der Waals surface area (Å²) >= 11 is -0.333. The number of halogens is 3. The third kappa shape index (κ3) is 4.48. The number of thioether (sulfide) groups is 1. The molecule has 1 aromatic rings. The lowest BCUT2D eigenvalue weighted by Crippen LogP contribution is -1.96. The van der Waals surface area contributed by atoms with Crippen LogP contribution >= 0.6 is 11.8 Å². The minimum absolute atomic E-state index is 0.333. The third-order valence-corrected chi connectivity index (χ3v) is 1.57. The van der Waals surface area contributed by atoms with Crippen LogP contribution in [0.4, 0.5) is 13.2 Å². The van der Waals surface area contributed by atoms with Crippen LogP contribution in [0.1, 0.15) is 5.56 Å². The lowest BCUT2D eigenvalue weighted by atomic mass is 10.2. The highest BCUT2D eigenvalue weighted by Crippen LogP contribution is 2.28. The van der Waals surface area contributed by atoms with Gasteiger partial charge in [-0.1, -0.05) is 24.1 Å². The van der Waals surface area contributed by atoms with Gasteiger partial charge in [0.15, 0.2) is 0 Å². The van der Waals surface area contributed by atoms with Crippen LogP contribution < -0.4 is 0 Å². The Morgan fingerprint density at radius 1 is 1.08 bits per heavy atom. The monoisotopic (exact) mass is 202 g/mol. The van der Waals surface area contributed by atoms with Gasteiger partial charge in [-0.25, -0.2) is 0 Å². The molecular formula is C9H5F3S. The van der Waals surface area contributed by atoms with E-state index in [0.717, 1.165) is 0 Å². The Balaban J connectivity index is 2.59. The Morgan fingerprint density at radius 3 is 2.23 bits per heavy atom. The van der Waals surface area contributed by atoms with Crippen LogP contribution in [-0.4, -0.2) is 5.51 Å². The Morgan fingerprint density at radius 2 is 1.69 bits per heavy atom. The molecule has 0 radical (unpaired) electrons. The van der Waals surface area contributed by atoms with Crippen molar-refractivity contribution in [2.24, 2.45) is 0 Å². The molecule has 0 nitrogen and oxygen atoms in total. The molecule has 0 spiro atoms. The molecule has 0 aliphatic carbocycles. The van der Waals surface area contributed by atoms with E-state index < -0.39 is 5.51 Å². The normalized spacial score (nSPS) is 10.4. The second-order valence-corrected chi connectivity index (χ2v) is 3.01. The van der Waals surface area contributed by atoms with Crippen molar-refractivity contribution >= 4 is 11.8 Å². The predicted molar refractivity (Wildman–Crippen MR) is 47.0 cm³/mol. The van der Waals surface area contributed by atoms with Crippen molar-refractivity contribution in [2.45, 2.75) is 5.51 Å². The summed E-state index contributed by atoms with van der Waals surface area (Å²) in [5, 5.41) is 1.98. The van der Waals surface area contributed by atoms with Gasteiger partial charge in [0.05, 0.1) is 0 Å². The molecule has 0 fully saturated rings. The largest absolute Gasteiger partial charge is 0.453 e. The fourth-order valence-corrected chi connectivity index (χ4v) is 0.948. The van der Waals surface area contributed by atoms with Gasteiger partial charge >= 0.3 is 5.51 Å². The Hall–Kier alpha value is -1.08. The molecule has 68 valence electrons. The van der Waals surface area contributed by atoms with Crippen LogP contribution in [0.25, 0.3) is 0 Å². The highest BCUT2D eigenvalue weighted by atomic mass is 32.2. The van der Waals surface area contributed by atoms with Crippen molar-refractivity contribution in [1.29, 1.82) is 0 Å². The number of benzene rings is 1. The summed E-state index contributed by atoms with van der Waals surface area (Å²) in [5.41, 5.74) is -3.69. The molecule has 13 heavy (non-hydrogen) atoms. The van der Waals surface area contributed by atoms with Crippen molar-refractivity contribution in [3.63, 3.8) is 0 Å². The second kappa shape index (κ2) is 4.24. The van der Waals surface area contributed by atoms with E-state index in [0.29, 0.717) is 5.56 Å². The van der Waals surface area contributed by atoms with E-state index in [9.17, 15) is 13.2 Å². The summed E-state index contributed by atoms with van der Waals surface area (Å²) in [6.07, 6.45) is 0. The fraction of sp³-hybridized carbons (Fsp3) is 0.111. The van der Waals surface area contributed by atoms with Crippen LogP contribution in [0.3, 0.4) is 0 Å². The summed E-state index contributed by atoms with van der Waals surface area (Å²) in [7, 11) is 0. The van der Waals surface area contributed by atoms with Crippen LogP contribution in [0.15, 0.2) is 30.3 Å². The Kier molecular flexibility index (Phi) is 3.26. The van der Waals surface area contributed by atoms with Gasteiger partial charge in [-0.05, 0) is 17.4 Å². The van der Waals surface area contributed by atoms with E-state index in [-0.39, 0.29) is 11.8 Å². The average molecular weight is 202 g/mol. The van der Waals surface area contributed by atoms with Crippen molar-refractivity contribution in [3.05, 3.63) is 35.9 Å². The summed E-state index contributed by atoms with van der Waals surface area (Å²) < 4.78 is 34.9. The minimum atomic E-state index is -4.28. The average Bonchev–Trinajstić information content (AvgIpc) is 2.04. The van der Waals surface area contributed by atoms with Crippen LogP contribution in [0.5, 0.6) is 0 Å². The van der Waals surface area contributed by atoms with Crippen LogP contribution in [0.2, 0.25) is 0 Å². The number of hydrogen-bond donors (Lipinski definition) is 0. The molecule has 1 rings (SSSR count). The Bertz CT molecular complexity index is 318. The van der Waals surface area contributed by atoms with Gasteiger partial charge in [-0.15, -0.1) is 0 Å². The van der Waals surface area contributed by atoms with Gasteiger partial charge in [0.1, 0.15) is 0 Å². The zero-order chi connectivity index (χ0) is 9.73. The topological polar surface area (TPSA) is 0 Å². The zero-order valence-electron chi connectivity index (χ0n) is 6.43. The first kappa shape index (κ1) is 10.0. The molecule has 0 bridgehead atoms. The number of rotatable bonds is 0. The molecule has 0 heterocycles. The molecule has 0 unspecified atom stereocenters. The van der Waals surface area contributed by atoms with E-state index in [2.05, 4.69) is 5.92 Å². The highest BCUT2D eigenvalue weighted by Gasteiger charge is 2.27. The summed E-state index contributed by atoms with van der Waals surface area (Å²) in [6.45, 7) is 0. The molecule has 4 heteroatoms. The number of hydrogen-bond acceptors (Lipinski definition) is 1. The minimum Gasteiger partial charge on any atom is -0.160 e. The Labute approximate surface area is 78.1 Å². The summed E-state index contributed by atoms with van der Waals surface area (Å²) in [6, 6.07) is 8.54. The van der Waals surface area contributed by atoms with E-state index >= 15 is 0 Å². The van der Waals surface area contributed by atoms with Gasteiger partial charge in [0.25, 0.3) is 0 Å². The second-order valence-electron chi connectivity index (χ2n) is 2.14. The molecule has 0 amide bonds. The van der Waals surface area contributed by atoms with E-state index in [1.807, 2.05) is 5.25 Å². The molecule has 0 N–H and O–H groups in total. The summed E-state index contributed by atoms with van der Waals surface area (Å²) in [5.74, 6) is 2.39. The quantitative estimate of drug-likeness (QED) is 0.582. The van der Waals surface area contributed by atoms with E-state index in [4.69, 9.17) is 0 Å².